The molecule has 3 unspecified atom stereocenters. The molecule has 0 bridgehead atoms. The summed E-state index contributed by atoms with van der Waals surface area (Å²) in [6.07, 6.45) is 17.3. The Morgan fingerprint density at radius 1 is 1.40 bits per heavy atom. The van der Waals surface area contributed by atoms with Crippen molar-refractivity contribution >= 4 is 0 Å². The molecule has 1 aliphatic heterocycles. The van der Waals surface area contributed by atoms with Crippen LogP contribution in [0.5, 0.6) is 0 Å². The lowest BCUT2D eigenvalue weighted by Crippen LogP contribution is -2.42. The Balaban J connectivity index is 2.26. The first-order chi connectivity index (χ1) is 11.9. The lowest BCUT2D eigenvalue weighted by atomic mass is 9.65. The van der Waals surface area contributed by atoms with Gasteiger partial charge in [-0.2, -0.15) is 0 Å². The minimum absolute atomic E-state index is 0.148. The molecule has 2 rings (SSSR count). The molecule has 0 saturated carbocycles. The van der Waals surface area contributed by atoms with Gasteiger partial charge in [0.25, 0.3) is 0 Å². The summed E-state index contributed by atoms with van der Waals surface area (Å²) in [7, 11) is 0. The van der Waals surface area contributed by atoms with Crippen molar-refractivity contribution in [2.24, 2.45) is 11.3 Å². The average Bonchev–Trinajstić information content (AvgIpc) is 2.60. The fourth-order valence-corrected chi connectivity index (χ4v) is 3.86. The molecular formula is C23H33NO. The van der Waals surface area contributed by atoms with E-state index in [4.69, 9.17) is 0 Å². The van der Waals surface area contributed by atoms with Gasteiger partial charge in [-0.15, -0.1) is 0 Å². The maximum absolute atomic E-state index is 9.72. The molecule has 0 aromatic rings. The van der Waals surface area contributed by atoms with Crippen LogP contribution in [0.1, 0.15) is 52.9 Å². The van der Waals surface area contributed by atoms with E-state index in [0.29, 0.717) is 24.1 Å². The molecular weight excluding hydrogens is 306 g/mol. The Morgan fingerprint density at radius 2 is 2.16 bits per heavy atom. The lowest BCUT2D eigenvalue weighted by Gasteiger charge is -2.44. The van der Waals surface area contributed by atoms with Crippen molar-refractivity contribution in [3.8, 4) is 0 Å². The summed E-state index contributed by atoms with van der Waals surface area (Å²) < 4.78 is 0. The number of allylic oxidation sites excluding steroid dienone is 8. The number of hydrogen-bond donors (Lipinski definition) is 2. The standard InChI is InChI=1S/C23H33NO/c1-6-21(25)14-10-11-18(3)23(5,20-12-8-7-9-13-20)22-16-17(2)15-19(4)24-22/h6-9,12,16,19-20,24-25H,2-3,10-11,13-15H2,1,4-5H3. The van der Waals surface area contributed by atoms with Gasteiger partial charge in [-0.3, -0.25) is 0 Å². The first kappa shape index (κ1) is 19.4. The lowest BCUT2D eigenvalue weighted by molar-refractivity contribution is 0.302. The Hall–Kier alpha value is -1.96. The van der Waals surface area contributed by atoms with Gasteiger partial charge in [0.2, 0.25) is 0 Å². The Morgan fingerprint density at radius 3 is 2.76 bits per heavy atom. The molecule has 3 atom stereocenters. The second-order valence-electron chi connectivity index (χ2n) is 7.56. The third-order valence-corrected chi connectivity index (χ3v) is 5.58. The maximum Gasteiger partial charge on any atom is 0.0880 e. The number of rotatable bonds is 7. The SMILES string of the molecule is C=C1C=C(C(C)(C(=C)CCCC(O)=CC)C2C=CC=CC2)NC(C)C1. The highest BCUT2D eigenvalue weighted by Crippen LogP contribution is 2.47. The third kappa shape index (κ3) is 4.56. The van der Waals surface area contributed by atoms with Crippen LogP contribution in [0.4, 0.5) is 0 Å². The summed E-state index contributed by atoms with van der Waals surface area (Å²) in [5.41, 5.74) is 3.50. The summed E-state index contributed by atoms with van der Waals surface area (Å²) in [4.78, 5) is 0. The number of aliphatic hydroxyl groups is 1. The first-order valence-corrected chi connectivity index (χ1v) is 9.40. The van der Waals surface area contributed by atoms with Gasteiger partial charge in [-0.25, -0.2) is 0 Å². The largest absolute Gasteiger partial charge is 0.513 e. The highest BCUT2D eigenvalue weighted by molar-refractivity contribution is 5.38. The average molecular weight is 340 g/mol. The smallest absolute Gasteiger partial charge is 0.0880 e. The van der Waals surface area contributed by atoms with Crippen molar-refractivity contribution in [3.63, 3.8) is 0 Å². The second kappa shape index (κ2) is 8.42. The number of nitrogens with one attached hydrogen (secondary N) is 1. The molecule has 136 valence electrons. The highest BCUT2D eigenvalue weighted by atomic mass is 16.3. The zero-order valence-corrected chi connectivity index (χ0v) is 16.0. The second-order valence-corrected chi connectivity index (χ2v) is 7.56. The molecule has 1 aliphatic carbocycles. The van der Waals surface area contributed by atoms with Crippen LogP contribution >= 0.6 is 0 Å². The van der Waals surface area contributed by atoms with Gasteiger partial charge >= 0.3 is 0 Å². The van der Waals surface area contributed by atoms with E-state index in [9.17, 15) is 5.11 Å². The van der Waals surface area contributed by atoms with E-state index >= 15 is 0 Å². The van der Waals surface area contributed by atoms with E-state index < -0.39 is 0 Å². The molecule has 2 aliphatic rings. The molecule has 25 heavy (non-hydrogen) atoms. The molecule has 0 saturated heterocycles. The topological polar surface area (TPSA) is 32.3 Å². The molecule has 0 aromatic carbocycles. The van der Waals surface area contributed by atoms with Crippen LogP contribution in [0.2, 0.25) is 0 Å². The Labute approximate surface area is 153 Å². The fraction of sp³-hybridized carbons (Fsp3) is 0.478. The summed E-state index contributed by atoms with van der Waals surface area (Å²) in [6, 6.07) is 0.398. The van der Waals surface area contributed by atoms with Gasteiger partial charge in [0.05, 0.1) is 5.76 Å². The van der Waals surface area contributed by atoms with E-state index in [0.717, 1.165) is 25.7 Å². The van der Waals surface area contributed by atoms with E-state index in [1.54, 1.807) is 6.08 Å². The normalized spacial score (nSPS) is 26.0. The molecule has 0 amide bonds. The number of aliphatic hydroxyl groups excluding tert-OH is 1. The van der Waals surface area contributed by atoms with Crippen molar-refractivity contribution in [3.05, 3.63) is 72.2 Å². The quantitative estimate of drug-likeness (QED) is 0.431. The first-order valence-electron chi connectivity index (χ1n) is 9.40. The van der Waals surface area contributed by atoms with Crippen LogP contribution in [0.25, 0.3) is 0 Å². The van der Waals surface area contributed by atoms with Gasteiger partial charge in [0.1, 0.15) is 0 Å². The molecule has 2 N–H and O–H groups in total. The van der Waals surface area contributed by atoms with Crippen molar-refractivity contribution in [1.29, 1.82) is 0 Å². The van der Waals surface area contributed by atoms with Crippen LogP contribution in [-0.2, 0) is 0 Å². The van der Waals surface area contributed by atoms with Crippen LogP contribution in [0, 0.1) is 11.3 Å². The minimum Gasteiger partial charge on any atom is -0.513 e. The molecule has 0 spiro atoms. The molecule has 2 heteroatoms. The monoisotopic (exact) mass is 339 g/mol. The van der Waals surface area contributed by atoms with Crippen molar-refractivity contribution < 1.29 is 5.11 Å². The number of hydrogen-bond acceptors (Lipinski definition) is 2. The van der Waals surface area contributed by atoms with Crippen LogP contribution in [-0.4, -0.2) is 11.1 Å². The molecule has 1 heterocycles. The van der Waals surface area contributed by atoms with Gasteiger partial charge < -0.3 is 10.4 Å². The third-order valence-electron chi connectivity index (χ3n) is 5.58. The van der Waals surface area contributed by atoms with Gasteiger partial charge in [-0.05, 0) is 64.5 Å². The van der Waals surface area contributed by atoms with E-state index in [2.05, 4.69) is 62.7 Å². The van der Waals surface area contributed by atoms with Gasteiger partial charge in [0, 0.05) is 23.6 Å². The summed E-state index contributed by atoms with van der Waals surface area (Å²) in [5, 5.41) is 13.4. The summed E-state index contributed by atoms with van der Waals surface area (Å²) in [5.74, 6) is 0.851. The molecule has 2 nitrogen and oxygen atoms in total. The van der Waals surface area contributed by atoms with E-state index in [1.165, 1.54) is 16.8 Å². The molecule has 0 radical (unpaired) electrons. The van der Waals surface area contributed by atoms with Gasteiger partial charge in [-0.1, -0.05) is 48.6 Å². The van der Waals surface area contributed by atoms with Crippen LogP contribution < -0.4 is 5.32 Å². The molecule has 0 aromatic heterocycles. The Kier molecular flexibility index (Phi) is 6.52. The maximum atomic E-state index is 9.72. The van der Waals surface area contributed by atoms with Crippen LogP contribution in [0.3, 0.4) is 0 Å². The Bertz CT molecular complexity index is 634. The van der Waals surface area contributed by atoms with E-state index in [1.807, 2.05) is 6.92 Å². The van der Waals surface area contributed by atoms with Crippen LogP contribution in [0.15, 0.2) is 72.2 Å². The molecule has 0 fully saturated rings. The minimum atomic E-state index is -0.148. The zero-order chi connectivity index (χ0) is 18.4. The zero-order valence-electron chi connectivity index (χ0n) is 16.0. The fourth-order valence-electron chi connectivity index (χ4n) is 3.86. The van der Waals surface area contributed by atoms with E-state index in [-0.39, 0.29) is 5.41 Å². The van der Waals surface area contributed by atoms with Gasteiger partial charge in [0.15, 0.2) is 0 Å². The van der Waals surface area contributed by atoms with Crippen molar-refractivity contribution in [1.82, 2.24) is 5.32 Å². The highest BCUT2D eigenvalue weighted by Gasteiger charge is 2.40. The van der Waals surface area contributed by atoms with Crippen molar-refractivity contribution in [2.45, 2.75) is 58.9 Å². The van der Waals surface area contributed by atoms with Crippen molar-refractivity contribution in [2.75, 3.05) is 0 Å². The summed E-state index contributed by atoms with van der Waals surface area (Å²) >= 11 is 0. The predicted molar refractivity (Wildman–Crippen MR) is 108 cm³/mol. The summed E-state index contributed by atoms with van der Waals surface area (Å²) in [6.45, 7) is 15.1. The predicted octanol–water partition coefficient (Wildman–Crippen LogP) is 6.14.